The molecule has 0 aliphatic heterocycles. The van der Waals surface area contributed by atoms with Crippen molar-refractivity contribution < 1.29 is 52.7 Å². The fourth-order valence-corrected chi connectivity index (χ4v) is 0. The molecule has 0 aliphatic rings. The van der Waals surface area contributed by atoms with Gasteiger partial charge in [-0.25, -0.2) is 0 Å². The quantitative estimate of drug-likeness (QED) is 0.312. The molecule has 0 atom stereocenters. The Labute approximate surface area is 86.0 Å². The zero-order valence-electron chi connectivity index (χ0n) is 6.94. The normalized spacial score (nSPS) is 9.30. The van der Waals surface area contributed by atoms with Crippen LogP contribution in [0.15, 0.2) is 0 Å². The van der Waals surface area contributed by atoms with Gasteiger partial charge in [0.2, 0.25) is 0 Å². The molecule has 0 radical (unpaired) electrons. The van der Waals surface area contributed by atoms with Gasteiger partial charge >= 0.3 is 40.0 Å². The Bertz CT molecular complexity index is 165. The molecule has 0 amide bonds. The van der Waals surface area contributed by atoms with E-state index in [1.807, 2.05) is 0 Å². The maximum atomic E-state index is 9.56. The van der Waals surface area contributed by atoms with E-state index in [1.54, 1.807) is 12.5 Å². The van der Waals surface area contributed by atoms with Gasteiger partial charge < -0.3 is 1.43 Å². The third-order valence-electron chi connectivity index (χ3n) is 0. The Morgan fingerprint density at radius 1 is 1.30 bits per heavy atom. The molecule has 60 valence electrons. The van der Waals surface area contributed by atoms with Gasteiger partial charge in [0, 0.05) is 23.3 Å². The van der Waals surface area contributed by atoms with Crippen LogP contribution < -0.4 is 29.6 Å². The van der Waals surface area contributed by atoms with Crippen LogP contribution in [0.4, 0.5) is 0 Å². The van der Waals surface area contributed by atoms with Crippen molar-refractivity contribution in [2.75, 3.05) is 12.5 Å². The van der Waals surface area contributed by atoms with Gasteiger partial charge in [0.25, 0.3) is 0 Å². The van der Waals surface area contributed by atoms with E-state index in [9.17, 15) is 4.21 Å². The van der Waals surface area contributed by atoms with Gasteiger partial charge in [-0.15, -0.1) is 0 Å². The van der Waals surface area contributed by atoms with Crippen LogP contribution in [0.2, 0.25) is 0 Å². The number of rotatable bonds is 0. The van der Waals surface area contributed by atoms with Gasteiger partial charge in [0.1, 0.15) is 0 Å². The average Bonchev–Trinajstić information content (AvgIpc) is 1.19. The van der Waals surface area contributed by atoms with Crippen LogP contribution in [0.25, 0.3) is 0 Å². The largest absolute Gasteiger partial charge is 1.00 e. The Kier molecular flexibility index (Phi) is 14.0. The van der Waals surface area contributed by atoms with Gasteiger partial charge in [0.15, 0.2) is 0 Å². The van der Waals surface area contributed by atoms with Crippen molar-refractivity contribution in [3.8, 4) is 0 Å². The minimum atomic E-state index is -4.67. The van der Waals surface area contributed by atoms with Crippen molar-refractivity contribution in [2.24, 2.45) is 0 Å². The summed E-state index contributed by atoms with van der Waals surface area (Å²) in [4.78, 5) is 0. The summed E-state index contributed by atoms with van der Waals surface area (Å²) in [7, 11) is -5.28. The first-order valence-electron chi connectivity index (χ1n) is 1.68. The molecule has 0 saturated heterocycles. The minimum absolute atomic E-state index is 0. The van der Waals surface area contributed by atoms with Crippen LogP contribution in [-0.2, 0) is 21.2 Å². The third kappa shape index (κ3) is 558. The van der Waals surface area contributed by atoms with E-state index >= 15 is 0 Å². The molecule has 10 heavy (non-hydrogen) atoms. The number of hydrogen-bond donors (Lipinski definition) is 2. The molecule has 0 bridgehead atoms. The molecule has 0 aromatic heterocycles. The van der Waals surface area contributed by atoms with E-state index in [0.717, 1.165) is 0 Å². The maximum Gasteiger partial charge on any atom is 1.00 e. The van der Waals surface area contributed by atoms with Crippen LogP contribution in [-0.4, -0.2) is 34.2 Å². The molecule has 0 rings (SSSR count). The zero-order chi connectivity index (χ0) is 8.08. The summed E-state index contributed by atoms with van der Waals surface area (Å²) in [5, 5.41) is 0. The first-order chi connectivity index (χ1) is 3.73. The maximum absolute atomic E-state index is 9.56. The predicted molar refractivity (Wildman–Crippen MR) is 35.3 cm³/mol. The van der Waals surface area contributed by atoms with E-state index in [4.69, 9.17) is 17.5 Å². The third-order valence-corrected chi connectivity index (χ3v) is 0. The van der Waals surface area contributed by atoms with E-state index in [1.165, 1.54) is 0 Å². The Morgan fingerprint density at radius 2 is 1.30 bits per heavy atom. The van der Waals surface area contributed by atoms with Gasteiger partial charge in [-0.2, -0.15) is 8.42 Å². The minimum Gasteiger partial charge on any atom is -1.00 e. The Balaban J connectivity index is -0.0000000383. The van der Waals surface area contributed by atoms with Crippen LogP contribution in [0.3, 0.4) is 0 Å². The monoisotopic (exact) mass is 200 g/mol. The van der Waals surface area contributed by atoms with Gasteiger partial charge in [-0.1, -0.05) is 0 Å². The summed E-state index contributed by atoms with van der Waals surface area (Å²) in [5.74, 6) is 0. The fourth-order valence-electron chi connectivity index (χ4n) is 0. The van der Waals surface area contributed by atoms with Gasteiger partial charge in [0.05, 0.1) is 0 Å². The smallest absolute Gasteiger partial charge is 1.00 e. The molecule has 2 N–H and O–H groups in total. The van der Waals surface area contributed by atoms with E-state index in [2.05, 4.69) is 0 Å². The molecule has 0 aliphatic carbocycles. The Hall–Kier alpha value is 1.02. The van der Waals surface area contributed by atoms with Crippen molar-refractivity contribution >= 4 is 21.2 Å². The molecule has 0 fully saturated rings. The van der Waals surface area contributed by atoms with Gasteiger partial charge in [-0.3, -0.25) is 13.3 Å². The standard InChI is InChI=1S/C2H6OS.Na.H2O4S.H/c1-4(2)3;;1-5(2,3)4;/h1-2H3;;(H2,1,2,3,4);/q;+1;;-1. The second kappa shape index (κ2) is 8.12. The average molecular weight is 200 g/mol. The van der Waals surface area contributed by atoms with Crippen molar-refractivity contribution in [1.82, 2.24) is 0 Å². The van der Waals surface area contributed by atoms with Crippen LogP contribution in [0, 0.1) is 0 Å². The molecule has 8 heteroatoms. The molecular formula is C2H9NaO5S2. The molecule has 0 aromatic carbocycles. The Morgan fingerprint density at radius 3 is 1.30 bits per heavy atom. The molecule has 0 spiro atoms. The van der Waals surface area contributed by atoms with Crippen molar-refractivity contribution in [3.05, 3.63) is 0 Å². The van der Waals surface area contributed by atoms with Gasteiger partial charge in [-0.05, 0) is 0 Å². The van der Waals surface area contributed by atoms with Crippen LogP contribution in [0.5, 0.6) is 0 Å². The molecule has 0 aromatic rings. The molecule has 5 nitrogen and oxygen atoms in total. The first kappa shape index (κ1) is 17.2. The van der Waals surface area contributed by atoms with E-state index in [-0.39, 0.29) is 31.0 Å². The molecular weight excluding hydrogens is 191 g/mol. The second-order valence-electron chi connectivity index (χ2n) is 1.19. The number of hydrogen-bond acceptors (Lipinski definition) is 3. The van der Waals surface area contributed by atoms with E-state index < -0.39 is 21.2 Å². The summed E-state index contributed by atoms with van der Waals surface area (Å²) in [6, 6.07) is 0. The molecule has 0 saturated carbocycles. The summed E-state index contributed by atoms with van der Waals surface area (Å²) >= 11 is 0. The van der Waals surface area contributed by atoms with Crippen molar-refractivity contribution in [3.63, 3.8) is 0 Å². The molecule has 0 unspecified atom stereocenters. The van der Waals surface area contributed by atoms with E-state index in [0.29, 0.717) is 0 Å². The van der Waals surface area contributed by atoms with Crippen LogP contribution in [0.1, 0.15) is 1.43 Å². The van der Waals surface area contributed by atoms with Crippen molar-refractivity contribution in [1.29, 1.82) is 0 Å². The summed E-state index contributed by atoms with van der Waals surface area (Å²) in [5.41, 5.74) is 0. The summed E-state index contributed by atoms with van der Waals surface area (Å²) in [6.07, 6.45) is 3.28. The second-order valence-corrected chi connectivity index (χ2v) is 3.57. The molecule has 0 heterocycles. The fraction of sp³-hybridized carbons (Fsp3) is 1.00. The predicted octanol–water partition coefficient (Wildman–Crippen LogP) is -3.54. The summed E-state index contributed by atoms with van der Waals surface area (Å²) in [6.45, 7) is 0. The summed E-state index contributed by atoms with van der Waals surface area (Å²) < 4.78 is 41.1. The SMILES string of the molecule is CS(C)=O.O=S(=O)(O)O.[H-].[Na+]. The van der Waals surface area contributed by atoms with Crippen LogP contribution >= 0.6 is 0 Å². The first-order valence-corrected chi connectivity index (χ1v) is 5.04. The van der Waals surface area contributed by atoms with Crippen molar-refractivity contribution in [2.45, 2.75) is 0 Å². The topological polar surface area (TPSA) is 91.7 Å². The zero-order valence-corrected chi connectivity index (χ0v) is 9.57.